The molecule has 4 heteroatoms. The molecule has 0 aliphatic heterocycles. The Labute approximate surface area is 124 Å². The summed E-state index contributed by atoms with van der Waals surface area (Å²) in [5, 5.41) is 0. The highest BCUT2D eigenvalue weighted by atomic mass is 35.5. The van der Waals surface area contributed by atoms with Gasteiger partial charge in [0.15, 0.2) is 11.5 Å². The third-order valence-corrected chi connectivity index (χ3v) is 3.23. The minimum atomic E-state index is 0.380. The van der Waals surface area contributed by atoms with Gasteiger partial charge < -0.3 is 14.2 Å². The van der Waals surface area contributed by atoms with E-state index in [0.717, 1.165) is 16.9 Å². The van der Waals surface area contributed by atoms with Crippen LogP contribution in [-0.2, 0) is 12.5 Å². The third kappa shape index (κ3) is 3.36. The molecule has 0 saturated heterocycles. The van der Waals surface area contributed by atoms with E-state index in [1.54, 1.807) is 14.2 Å². The van der Waals surface area contributed by atoms with Gasteiger partial charge in [0.1, 0.15) is 12.4 Å². The van der Waals surface area contributed by atoms with Gasteiger partial charge in [-0.2, -0.15) is 0 Å². The Morgan fingerprint density at radius 2 is 1.80 bits per heavy atom. The molecule has 0 radical (unpaired) electrons. The average Bonchev–Trinajstić information content (AvgIpc) is 2.52. The van der Waals surface area contributed by atoms with E-state index < -0.39 is 0 Å². The quantitative estimate of drug-likeness (QED) is 0.753. The first-order valence-electron chi connectivity index (χ1n) is 6.26. The summed E-state index contributed by atoms with van der Waals surface area (Å²) in [5.74, 6) is 2.56. The number of methoxy groups -OCH3 is 2. The van der Waals surface area contributed by atoms with E-state index in [-0.39, 0.29) is 0 Å². The first-order chi connectivity index (χ1) is 9.78. The van der Waals surface area contributed by atoms with E-state index >= 15 is 0 Å². The maximum absolute atomic E-state index is 5.93. The summed E-state index contributed by atoms with van der Waals surface area (Å²) in [5.41, 5.74) is 1.93. The van der Waals surface area contributed by atoms with Crippen molar-refractivity contribution in [3.63, 3.8) is 0 Å². The zero-order valence-corrected chi connectivity index (χ0v) is 12.3. The second kappa shape index (κ2) is 7.06. The molecular weight excluding hydrogens is 276 g/mol. The van der Waals surface area contributed by atoms with Crippen molar-refractivity contribution < 1.29 is 14.2 Å². The molecule has 2 aromatic rings. The van der Waals surface area contributed by atoms with Crippen LogP contribution in [0.1, 0.15) is 11.1 Å². The largest absolute Gasteiger partial charge is 0.497 e. The molecule has 2 aromatic carbocycles. The lowest BCUT2D eigenvalue weighted by Gasteiger charge is -2.14. The van der Waals surface area contributed by atoms with E-state index in [9.17, 15) is 0 Å². The molecule has 0 spiro atoms. The molecule has 106 valence electrons. The Balaban J connectivity index is 2.17. The van der Waals surface area contributed by atoms with Gasteiger partial charge >= 0.3 is 0 Å². The van der Waals surface area contributed by atoms with E-state index in [1.807, 2.05) is 42.5 Å². The van der Waals surface area contributed by atoms with Crippen LogP contribution in [-0.4, -0.2) is 14.2 Å². The number of halogens is 1. The molecule has 0 aromatic heterocycles. The van der Waals surface area contributed by atoms with Gasteiger partial charge in [0.2, 0.25) is 0 Å². The summed E-state index contributed by atoms with van der Waals surface area (Å²) in [6, 6.07) is 13.4. The molecule has 0 aliphatic carbocycles. The summed E-state index contributed by atoms with van der Waals surface area (Å²) in [4.78, 5) is 0. The van der Waals surface area contributed by atoms with Crippen molar-refractivity contribution in [1.82, 2.24) is 0 Å². The number of rotatable bonds is 6. The van der Waals surface area contributed by atoms with Crippen LogP contribution in [0.5, 0.6) is 17.2 Å². The molecule has 3 nitrogen and oxygen atoms in total. The minimum Gasteiger partial charge on any atom is -0.497 e. The van der Waals surface area contributed by atoms with Crippen molar-refractivity contribution in [3.8, 4) is 17.2 Å². The van der Waals surface area contributed by atoms with Crippen molar-refractivity contribution >= 4 is 11.6 Å². The molecule has 0 heterocycles. The van der Waals surface area contributed by atoms with Crippen LogP contribution in [0.25, 0.3) is 0 Å². The van der Waals surface area contributed by atoms with Crippen LogP contribution in [0.2, 0.25) is 0 Å². The summed E-state index contributed by atoms with van der Waals surface area (Å²) >= 11 is 5.93. The number of para-hydroxylation sites is 1. The van der Waals surface area contributed by atoms with Crippen LogP contribution in [0.3, 0.4) is 0 Å². The van der Waals surface area contributed by atoms with Gasteiger partial charge in [0, 0.05) is 5.56 Å². The Morgan fingerprint density at radius 1 is 1.00 bits per heavy atom. The zero-order chi connectivity index (χ0) is 14.4. The average molecular weight is 293 g/mol. The fourth-order valence-electron chi connectivity index (χ4n) is 1.91. The Hall–Kier alpha value is -1.87. The van der Waals surface area contributed by atoms with Gasteiger partial charge in [-0.3, -0.25) is 0 Å². The molecule has 0 fully saturated rings. The first-order valence-corrected chi connectivity index (χ1v) is 6.79. The summed E-state index contributed by atoms with van der Waals surface area (Å²) in [7, 11) is 3.26. The Bertz CT molecular complexity index is 547. The van der Waals surface area contributed by atoms with Crippen LogP contribution in [0, 0.1) is 0 Å². The standard InChI is InChI=1S/C16H17ClO3/c1-18-14-7-3-5-12(9-14)11-20-16-13(10-17)6-4-8-15(16)19-2/h3-9H,10-11H2,1-2H3. The third-order valence-electron chi connectivity index (χ3n) is 2.94. The predicted octanol–water partition coefficient (Wildman–Crippen LogP) is 4.02. The van der Waals surface area contributed by atoms with Crippen molar-refractivity contribution in [2.75, 3.05) is 14.2 Å². The maximum atomic E-state index is 5.93. The first kappa shape index (κ1) is 14.5. The summed E-state index contributed by atoms with van der Waals surface area (Å²) in [6.07, 6.45) is 0. The molecule has 0 aliphatic rings. The lowest BCUT2D eigenvalue weighted by atomic mass is 10.2. The van der Waals surface area contributed by atoms with E-state index in [0.29, 0.717) is 24.0 Å². The van der Waals surface area contributed by atoms with E-state index in [2.05, 4.69) is 0 Å². The van der Waals surface area contributed by atoms with Crippen molar-refractivity contribution in [1.29, 1.82) is 0 Å². The SMILES string of the molecule is COc1cccc(COc2c(CCl)cccc2OC)c1. The molecule has 0 atom stereocenters. The second-order valence-electron chi connectivity index (χ2n) is 4.22. The van der Waals surface area contributed by atoms with Gasteiger partial charge in [0.05, 0.1) is 20.1 Å². The van der Waals surface area contributed by atoms with Gasteiger partial charge in [-0.15, -0.1) is 11.6 Å². The number of hydrogen-bond donors (Lipinski definition) is 0. The van der Waals surface area contributed by atoms with Crippen molar-refractivity contribution in [3.05, 3.63) is 53.6 Å². The normalized spacial score (nSPS) is 10.2. The topological polar surface area (TPSA) is 27.7 Å². The van der Waals surface area contributed by atoms with Crippen molar-refractivity contribution in [2.24, 2.45) is 0 Å². The van der Waals surface area contributed by atoms with Crippen LogP contribution >= 0.6 is 11.6 Å². The second-order valence-corrected chi connectivity index (χ2v) is 4.49. The van der Waals surface area contributed by atoms with Gasteiger partial charge in [-0.1, -0.05) is 24.3 Å². The lowest BCUT2D eigenvalue weighted by molar-refractivity contribution is 0.281. The molecule has 0 unspecified atom stereocenters. The van der Waals surface area contributed by atoms with Crippen LogP contribution < -0.4 is 14.2 Å². The van der Waals surface area contributed by atoms with Gasteiger partial charge in [-0.25, -0.2) is 0 Å². The van der Waals surface area contributed by atoms with Gasteiger partial charge in [-0.05, 0) is 23.8 Å². The number of alkyl halides is 1. The molecule has 0 saturated carbocycles. The minimum absolute atomic E-state index is 0.380. The van der Waals surface area contributed by atoms with Crippen molar-refractivity contribution in [2.45, 2.75) is 12.5 Å². The Morgan fingerprint density at radius 3 is 2.50 bits per heavy atom. The number of benzene rings is 2. The maximum Gasteiger partial charge on any atom is 0.166 e. The highest BCUT2D eigenvalue weighted by Crippen LogP contribution is 2.32. The lowest BCUT2D eigenvalue weighted by Crippen LogP contribution is -2.00. The van der Waals surface area contributed by atoms with E-state index in [1.165, 1.54) is 0 Å². The molecule has 0 N–H and O–H groups in total. The molecule has 0 amide bonds. The molecule has 2 rings (SSSR count). The van der Waals surface area contributed by atoms with E-state index in [4.69, 9.17) is 25.8 Å². The summed E-state index contributed by atoms with van der Waals surface area (Å²) < 4.78 is 16.4. The number of ether oxygens (including phenoxy) is 3. The molecular formula is C16H17ClO3. The zero-order valence-electron chi connectivity index (χ0n) is 11.6. The summed E-state index contributed by atoms with van der Waals surface area (Å²) in [6.45, 7) is 0.432. The molecule has 20 heavy (non-hydrogen) atoms. The fraction of sp³-hybridized carbons (Fsp3) is 0.250. The van der Waals surface area contributed by atoms with Crippen LogP contribution in [0.15, 0.2) is 42.5 Å². The number of hydrogen-bond acceptors (Lipinski definition) is 3. The fourth-order valence-corrected chi connectivity index (χ4v) is 2.12. The highest BCUT2D eigenvalue weighted by Gasteiger charge is 2.10. The van der Waals surface area contributed by atoms with Crippen LogP contribution in [0.4, 0.5) is 0 Å². The van der Waals surface area contributed by atoms with Gasteiger partial charge in [0.25, 0.3) is 0 Å². The highest BCUT2D eigenvalue weighted by molar-refractivity contribution is 6.17. The smallest absolute Gasteiger partial charge is 0.166 e. The molecule has 0 bridgehead atoms. The monoisotopic (exact) mass is 292 g/mol. The Kier molecular flexibility index (Phi) is 5.13. The predicted molar refractivity (Wildman–Crippen MR) is 79.9 cm³/mol.